The molecule has 1 aromatic heterocycles. The van der Waals surface area contributed by atoms with Gasteiger partial charge in [0.2, 0.25) is 0 Å². The monoisotopic (exact) mass is 352 g/mol. The molecule has 122 valence electrons. The van der Waals surface area contributed by atoms with E-state index in [1.165, 1.54) is 5.56 Å². The molecule has 0 amide bonds. The highest BCUT2D eigenvalue weighted by atomic mass is 35.5. The number of hydrogen-bond donors (Lipinski definition) is 2. The zero-order valence-electron chi connectivity index (χ0n) is 12.6. The molecule has 0 atom stereocenters. The largest absolute Gasteiger partial charge is 0.380 e. The van der Waals surface area contributed by atoms with Crippen LogP contribution in [-0.2, 0) is 6.54 Å². The van der Waals surface area contributed by atoms with Gasteiger partial charge in [-0.15, -0.1) is 0 Å². The highest BCUT2D eigenvalue weighted by Gasteiger charge is 2.20. The van der Waals surface area contributed by atoms with E-state index < -0.39 is 0 Å². The average molecular weight is 353 g/mol. The van der Waals surface area contributed by atoms with Gasteiger partial charge in [0, 0.05) is 30.7 Å². The number of nitrogens with zero attached hydrogens (tertiary/aromatic N) is 2. The number of rotatable bonds is 4. The van der Waals surface area contributed by atoms with Crippen LogP contribution in [0.3, 0.4) is 0 Å². The van der Waals surface area contributed by atoms with E-state index in [2.05, 4.69) is 32.5 Å². The van der Waals surface area contributed by atoms with Gasteiger partial charge in [-0.1, -0.05) is 35.3 Å². The number of piperidine rings is 1. The fraction of sp³-hybridized carbons (Fsp3) is 0.375. The van der Waals surface area contributed by atoms with Gasteiger partial charge < -0.3 is 5.32 Å². The summed E-state index contributed by atoms with van der Waals surface area (Å²) in [5, 5.41) is 10.4. The maximum Gasteiger partial charge on any atom is 0.285 e. The number of hydrogen-bond acceptors (Lipinski definition) is 4. The van der Waals surface area contributed by atoms with Crippen LogP contribution in [0.25, 0.3) is 0 Å². The predicted molar refractivity (Wildman–Crippen MR) is 93.2 cm³/mol. The van der Waals surface area contributed by atoms with Crippen molar-refractivity contribution in [3.8, 4) is 0 Å². The van der Waals surface area contributed by atoms with Crippen molar-refractivity contribution in [1.82, 2.24) is 15.1 Å². The molecule has 1 saturated heterocycles. The standard InChI is InChI=1S/C16H18Cl2N4O/c17-12-3-1-11(2-4-12)10-22-7-5-13(6-8-22)20-14-9-19-21-16(23)15(14)18/h1-4,9,13H,5-8,10H2,(H2,20,21,23). The molecule has 0 radical (unpaired) electrons. The second-order valence-electron chi connectivity index (χ2n) is 5.75. The second kappa shape index (κ2) is 7.34. The molecule has 3 rings (SSSR count). The molecule has 5 nitrogen and oxygen atoms in total. The normalized spacial score (nSPS) is 16.4. The Kier molecular flexibility index (Phi) is 5.20. The highest BCUT2D eigenvalue weighted by molar-refractivity contribution is 6.32. The van der Waals surface area contributed by atoms with Crippen LogP contribution < -0.4 is 10.9 Å². The van der Waals surface area contributed by atoms with Crippen molar-refractivity contribution in [1.29, 1.82) is 0 Å². The lowest BCUT2D eigenvalue weighted by Gasteiger charge is -2.32. The zero-order chi connectivity index (χ0) is 16.2. The molecular weight excluding hydrogens is 335 g/mol. The Morgan fingerprint density at radius 2 is 1.91 bits per heavy atom. The van der Waals surface area contributed by atoms with Crippen molar-refractivity contribution >= 4 is 28.9 Å². The van der Waals surface area contributed by atoms with E-state index in [1.54, 1.807) is 6.20 Å². The van der Waals surface area contributed by atoms with E-state index >= 15 is 0 Å². The summed E-state index contributed by atoms with van der Waals surface area (Å²) in [5.74, 6) is 0. The summed E-state index contributed by atoms with van der Waals surface area (Å²) in [4.78, 5) is 13.9. The number of nitrogens with one attached hydrogen (secondary N) is 2. The molecule has 7 heteroatoms. The van der Waals surface area contributed by atoms with Crippen LogP contribution in [0.2, 0.25) is 10.0 Å². The van der Waals surface area contributed by atoms with Crippen molar-refractivity contribution in [3.63, 3.8) is 0 Å². The van der Waals surface area contributed by atoms with Crippen LogP contribution in [0, 0.1) is 0 Å². The average Bonchev–Trinajstić information content (AvgIpc) is 2.56. The van der Waals surface area contributed by atoms with Gasteiger partial charge in [0.1, 0.15) is 5.02 Å². The lowest BCUT2D eigenvalue weighted by Crippen LogP contribution is -2.38. The summed E-state index contributed by atoms with van der Waals surface area (Å²) in [7, 11) is 0. The molecule has 0 unspecified atom stereocenters. The van der Waals surface area contributed by atoms with Crippen LogP contribution in [0.5, 0.6) is 0 Å². The van der Waals surface area contributed by atoms with Gasteiger partial charge in [0.15, 0.2) is 0 Å². The van der Waals surface area contributed by atoms with Gasteiger partial charge in [-0.2, -0.15) is 5.10 Å². The molecule has 1 fully saturated rings. The maximum atomic E-state index is 11.5. The molecule has 2 heterocycles. The van der Waals surface area contributed by atoms with Gasteiger partial charge in [0.05, 0.1) is 11.9 Å². The van der Waals surface area contributed by atoms with Crippen LogP contribution in [0.1, 0.15) is 18.4 Å². The first kappa shape index (κ1) is 16.3. The summed E-state index contributed by atoms with van der Waals surface area (Å²) < 4.78 is 0. The van der Waals surface area contributed by atoms with Crippen LogP contribution in [-0.4, -0.2) is 34.2 Å². The number of benzene rings is 1. The molecular formula is C16H18Cl2N4O. The van der Waals surface area contributed by atoms with E-state index in [1.807, 2.05) is 12.1 Å². The van der Waals surface area contributed by atoms with Gasteiger partial charge in [0.25, 0.3) is 5.56 Å². The van der Waals surface area contributed by atoms with Crippen molar-refractivity contribution in [3.05, 3.63) is 56.4 Å². The first-order valence-corrected chi connectivity index (χ1v) is 8.34. The van der Waals surface area contributed by atoms with E-state index in [-0.39, 0.29) is 10.6 Å². The van der Waals surface area contributed by atoms with Gasteiger partial charge in [-0.05, 0) is 30.5 Å². The molecule has 1 aliphatic heterocycles. The third-order valence-electron chi connectivity index (χ3n) is 4.06. The summed E-state index contributed by atoms with van der Waals surface area (Å²) in [6.45, 7) is 2.92. The fourth-order valence-electron chi connectivity index (χ4n) is 2.79. The van der Waals surface area contributed by atoms with E-state index in [9.17, 15) is 4.79 Å². The summed E-state index contributed by atoms with van der Waals surface area (Å²) >= 11 is 11.9. The lowest BCUT2D eigenvalue weighted by atomic mass is 10.0. The Morgan fingerprint density at radius 3 is 2.61 bits per heavy atom. The number of anilines is 1. The highest BCUT2D eigenvalue weighted by Crippen LogP contribution is 2.21. The molecule has 23 heavy (non-hydrogen) atoms. The molecule has 0 aliphatic carbocycles. The van der Waals surface area contributed by atoms with Crippen LogP contribution in [0.15, 0.2) is 35.3 Å². The van der Waals surface area contributed by atoms with E-state index in [0.29, 0.717) is 11.7 Å². The van der Waals surface area contributed by atoms with Crippen LogP contribution >= 0.6 is 23.2 Å². The molecule has 0 saturated carbocycles. The number of H-pyrrole nitrogens is 1. The van der Waals surface area contributed by atoms with Gasteiger partial charge in [-0.25, -0.2) is 5.10 Å². The Morgan fingerprint density at radius 1 is 1.22 bits per heavy atom. The summed E-state index contributed by atoms with van der Waals surface area (Å²) in [6, 6.07) is 8.28. The number of halogens is 2. The third kappa shape index (κ3) is 4.25. The zero-order valence-corrected chi connectivity index (χ0v) is 14.1. The van der Waals surface area contributed by atoms with Gasteiger partial charge in [-0.3, -0.25) is 9.69 Å². The first-order chi connectivity index (χ1) is 11.1. The van der Waals surface area contributed by atoms with E-state index in [0.717, 1.165) is 37.5 Å². The smallest absolute Gasteiger partial charge is 0.285 e. The summed E-state index contributed by atoms with van der Waals surface area (Å²) in [6.07, 6.45) is 3.55. The molecule has 0 spiro atoms. The lowest BCUT2D eigenvalue weighted by molar-refractivity contribution is 0.211. The maximum absolute atomic E-state index is 11.5. The third-order valence-corrected chi connectivity index (χ3v) is 4.69. The Hall–Kier alpha value is -1.56. The minimum atomic E-state index is -0.364. The quantitative estimate of drug-likeness (QED) is 0.887. The topological polar surface area (TPSA) is 61.0 Å². The Balaban J connectivity index is 1.53. The van der Waals surface area contributed by atoms with Crippen molar-refractivity contribution in [2.24, 2.45) is 0 Å². The molecule has 2 aromatic rings. The molecule has 1 aliphatic rings. The number of aromatic amines is 1. The number of aromatic nitrogens is 2. The Bertz CT molecular complexity index is 709. The molecule has 1 aromatic carbocycles. The summed E-state index contributed by atoms with van der Waals surface area (Å²) in [5.41, 5.74) is 1.51. The SMILES string of the molecule is O=c1[nH]ncc(NC2CCN(Cc3ccc(Cl)cc3)CC2)c1Cl. The molecule has 0 bridgehead atoms. The van der Waals surface area contributed by atoms with E-state index in [4.69, 9.17) is 23.2 Å². The van der Waals surface area contributed by atoms with Crippen molar-refractivity contribution in [2.45, 2.75) is 25.4 Å². The van der Waals surface area contributed by atoms with Gasteiger partial charge >= 0.3 is 0 Å². The fourth-order valence-corrected chi connectivity index (χ4v) is 3.06. The minimum absolute atomic E-state index is 0.170. The van der Waals surface area contributed by atoms with Crippen LogP contribution in [0.4, 0.5) is 5.69 Å². The Labute approximate surface area is 144 Å². The second-order valence-corrected chi connectivity index (χ2v) is 6.56. The molecule has 2 N–H and O–H groups in total. The first-order valence-electron chi connectivity index (χ1n) is 7.58. The number of likely N-dealkylation sites (tertiary alicyclic amines) is 1. The van der Waals surface area contributed by atoms with Crippen molar-refractivity contribution in [2.75, 3.05) is 18.4 Å². The minimum Gasteiger partial charge on any atom is -0.380 e. The predicted octanol–water partition coefficient (Wildman–Crippen LogP) is 3.15. The van der Waals surface area contributed by atoms with Crippen molar-refractivity contribution < 1.29 is 0 Å².